The lowest BCUT2D eigenvalue weighted by atomic mass is 9.70. The zero-order valence-corrected chi connectivity index (χ0v) is 27.3. The second-order valence-electron chi connectivity index (χ2n) is 12.6. The molecule has 0 aliphatic carbocycles. The number of benzene rings is 1. The molecule has 44 heavy (non-hydrogen) atoms. The van der Waals surface area contributed by atoms with Crippen molar-refractivity contribution in [3.63, 3.8) is 0 Å². The monoisotopic (exact) mass is 622 g/mol. The summed E-state index contributed by atoms with van der Waals surface area (Å²) in [7, 11) is 1.15. The highest BCUT2D eigenvalue weighted by Gasteiger charge is 2.38. The summed E-state index contributed by atoms with van der Waals surface area (Å²) in [6.07, 6.45) is 5.65. The number of fused-ring (bicyclic) bond motifs is 1. The van der Waals surface area contributed by atoms with Gasteiger partial charge in [0.15, 0.2) is 0 Å². The molecule has 11 nitrogen and oxygen atoms in total. The number of amides is 3. The molecule has 13 heteroatoms. The van der Waals surface area contributed by atoms with E-state index in [2.05, 4.69) is 29.4 Å². The molecule has 3 aliphatic rings. The molecule has 0 spiro atoms. The van der Waals surface area contributed by atoms with Gasteiger partial charge in [0.05, 0.1) is 5.94 Å². The Kier molecular flexibility index (Phi) is 17.2. The first-order valence-corrected chi connectivity index (χ1v) is 15.3. The highest BCUT2D eigenvalue weighted by atomic mass is 19.1. The van der Waals surface area contributed by atoms with Crippen LogP contribution in [0.25, 0.3) is 0 Å². The van der Waals surface area contributed by atoms with Gasteiger partial charge in [-0.3, -0.25) is 24.1 Å². The first-order valence-electron chi connectivity index (χ1n) is 15.3. The van der Waals surface area contributed by atoms with Gasteiger partial charge in [-0.25, -0.2) is 4.39 Å². The number of nitrogens with one attached hydrogen (secondary N) is 2. The van der Waals surface area contributed by atoms with Crippen molar-refractivity contribution in [3.05, 3.63) is 35.1 Å². The Bertz CT molecular complexity index is 1060. The Morgan fingerprint density at radius 1 is 1.20 bits per heavy atom. The molecule has 4 unspecified atom stereocenters. The maximum atomic E-state index is 13.0. The minimum Gasteiger partial charge on any atom is -0.483 e. The highest BCUT2D eigenvalue weighted by molar-refractivity contribution is 6.45. The van der Waals surface area contributed by atoms with Crippen molar-refractivity contribution >= 4 is 31.8 Å². The predicted octanol–water partition coefficient (Wildman–Crippen LogP) is 2.98. The molecule has 0 aromatic heterocycles. The van der Waals surface area contributed by atoms with E-state index >= 15 is 0 Å². The van der Waals surface area contributed by atoms with Gasteiger partial charge in [-0.15, -0.1) is 0 Å². The average molecular weight is 623 g/mol. The van der Waals surface area contributed by atoms with E-state index in [1.807, 2.05) is 38.8 Å². The quantitative estimate of drug-likeness (QED) is 0.290. The van der Waals surface area contributed by atoms with E-state index < -0.39 is 13.2 Å². The lowest BCUT2D eigenvalue weighted by molar-refractivity contribution is -0.139. The van der Waals surface area contributed by atoms with Crippen LogP contribution >= 0.6 is 0 Å². The molecule has 0 saturated carbocycles. The molecule has 4 rings (SSSR count). The van der Waals surface area contributed by atoms with E-state index in [0.717, 1.165) is 62.9 Å². The summed E-state index contributed by atoms with van der Waals surface area (Å²) >= 11 is 0. The van der Waals surface area contributed by atoms with Gasteiger partial charge < -0.3 is 30.3 Å². The second kappa shape index (κ2) is 19.4. The van der Waals surface area contributed by atoms with Crippen molar-refractivity contribution in [2.45, 2.75) is 105 Å². The number of carboxylic acid groups (broad SMARTS) is 1. The predicted molar refractivity (Wildman–Crippen MR) is 168 cm³/mol. The molecule has 0 bridgehead atoms. The Balaban J connectivity index is 0.000000322. The van der Waals surface area contributed by atoms with Crippen LogP contribution in [0, 0.1) is 17.2 Å². The fourth-order valence-electron chi connectivity index (χ4n) is 5.64. The van der Waals surface area contributed by atoms with Crippen molar-refractivity contribution in [1.82, 2.24) is 20.4 Å². The number of rotatable bonds is 5. The van der Waals surface area contributed by atoms with Crippen LogP contribution in [0.3, 0.4) is 0 Å². The molecule has 2 fully saturated rings. The number of likely N-dealkylation sites (tertiary alicyclic amines) is 1. The molecule has 1 aromatic rings. The lowest BCUT2D eigenvalue weighted by Gasteiger charge is -2.34. The summed E-state index contributed by atoms with van der Waals surface area (Å²) in [5, 5.41) is 21.8. The zero-order valence-electron chi connectivity index (χ0n) is 27.3. The van der Waals surface area contributed by atoms with Crippen LogP contribution < -0.4 is 10.6 Å². The van der Waals surface area contributed by atoms with Gasteiger partial charge in [-0.1, -0.05) is 46.2 Å². The summed E-state index contributed by atoms with van der Waals surface area (Å²) in [4.78, 5) is 46.3. The largest absolute Gasteiger partial charge is 0.483 e. The van der Waals surface area contributed by atoms with Crippen LogP contribution in [0.4, 0.5) is 4.39 Å². The van der Waals surface area contributed by atoms with Gasteiger partial charge in [-0.2, -0.15) is 0 Å². The maximum absolute atomic E-state index is 13.0. The Morgan fingerprint density at radius 2 is 1.86 bits per heavy atom. The Morgan fingerprint density at radius 3 is 2.36 bits per heavy atom. The SMILES string of the molecule is CC(=O)NC(C(=O)N1CCCC1C)C(C)(C)C.CCC1CCCOB(O)C1NC=O.CN1Cc2cccc(F)c2C1.O=CO. The summed E-state index contributed by atoms with van der Waals surface area (Å²) < 4.78 is 18.2. The topological polar surface area (TPSA) is 149 Å². The van der Waals surface area contributed by atoms with Crippen LogP contribution in [-0.2, 0) is 36.9 Å². The highest BCUT2D eigenvalue weighted by Crippen LogP contribution is 2.26. The first-order chi connectivity index (χ1) is 20.7. The summed E-state index contributed by atoms with van der Waals surface area (Å²) in [6.45, 7) is 14.3. The van der Waals surface area contributed by atoms with E-state index in [4.69, 9.17) is 14.6 Å². The number of hydrogen-bond donors (Lipinski definition) is 4. The van der Waals surface area contributed by atoms with Crippen molar-refractivity contribution in [1.29, 1.82) is 0 Å². The normalized spacial score (nSPS) is 21.9. The number of carbonyl (C=O) groups is 4. The van der Waals surface area contributed by atoms with Crippen molar-refractivity contribution in [2.24, 2.45) is 11.3 Å². The van der Waals surface area contributed by atoms with Gasteiger partial charge in [-0.05, 0) is 62.6 Å². The zero-order chi connectivity index (χ0) is 33.4. The Labute approximate surface area is 262 Å². The molecule has 4 N–H and O–H groups in total. The van der Waals surface area contributed by atoms with Crippen LogP contribution in [-0.4, -0.2) is 90.0 Å². The molecule has 3 amide bonds. The van der Waals surface area contributed by atoms with Crippen molar-refractivity contribution in [2.75, 3.05) is 20.2 Å². The van der Waals surface area contributed by atoms with Crippen LogP contribution in [0.15, 0.2) is 18.2 Å². The van der Waals surface area contributed by atoms with Gasteiger partial charge in [0.2, 0.25) is 18.2 Å². The molecular weight excluding hydrogens is 570 g/mol. The third-order valence-corrected chi connectivity index (χ3v) is 7.99. The van der Waals surface area contributed by atoms with Crippen molar-refractivity contribution in [3.8, 4) is 0 Å². The standard InChI is InChI=1S/C13H24N2O2.C9H10FN.C8H16BNO3.CH2O2/c1-9-7-6-8-15(9)12(17)11(13(3,4)5)14-10(2)16;1-11-5-7-3-2-4-9(10)8(7)6-11;1-2-7-4-3-5-13-9(12)8(7)10-6-11;2-1-3/h9,11H,6-8H2,1-5H3,(H,14,16);2-4H,5-6H2,1H3;6-8,12H,2-5H2,1H3,(H,10,11);1H,(H,2,3). The fraction of sp³-hybridized carbons (Fsp3) is 0.677. The van der Waals surface area contributed by atoms with E-state index in [-0.39, 0.29) is 35.5 Å². The van der Waals surface area contributed by atoms with Gasteiger partial charge in [0.25, 0.3) is 6.47 Å². The van der Waals surface area contributed by atoms with Gasteiger partial charge >= 0.3 is 7.12 Å². The minimum absolute atomic E-state index is 0.0534. The summed E-state index contributed by atoms with van der Waals surface area (Å²) in [5.74, 6) is -0.0811. The third-order valence-electron chi connectivity index (χ3n) is 7.99. The smallest absolute Gasteiger partial charge is 0.478 e. The second-order valence-corrected chi connectivity index (χ2v) is 12.6. The number of halogens is 1. The molecule has 2 saturated heterocycles. The number of carbonyl (C=O) groups excluding carboxylic acids is 3. The minimum atomic E-state index is -0.849. The molecule has 3 heterocycles. The lowest BCUT2D eigenvalue weighted by Crippen LogP contribution is -2.54. The average Bonchev–Trinajstić information content (AvgIpc) is 3.51. The number of hydrogen-bond acceptors (Lipinski definition) is 7. The summed E-state index contributed by atoms with van der Waals surface area (Å²) in [5.41, 5.74) is 1.74. The van der Waals surface area contributed by atoms with Crippen LogP contribution in [0.1, 0.15) is 84.8 Å². The molecule has 0 radical (unpaired) electrons. The van der Waals surface area contributed by atoms with Crippen LogP contribution in [0.2, 0.25) is 0 Å². The van der Waals surface area contributed by atoms with Crippen LogP contribution in [0.5, 0.6) is 0 Å². The Hall–Kier alpha value is -3.03. The van der Waals surface area contributed by atoms with Crippen molar-refractivity contribution < 1.29 is 38.4 Å². The molecule has 3 aliphatic heterocycles. The first kappa shape index (κ1) is 39.0. The van der Waals surface area contributed by atoms with E-state index in [1.54, 1.807) is 6.07 Å². The molecule has 1 aromatic carbocycles. The van der Waals surface area contributed by atoms with E-state index in [0.29, 0.717) is 25.0 Å². The fourth-order valence-corrected chi connectivity index (χ4v) is 5.64. The van der Waals surface area contributed by atoms with E-state index in [9.17, 15) is 23.8 Å². The maximum Gasteiger partial charge on any atom is 0.478 e. The number of nitrogens with zero attached hydrogens (tertiary/aromatic N) is 2. The summed E-state index contributed by atoms with van der Waals surface area (Å²) in [6, 6.07) is 5.15. The van der Waals surface area contributed by atoms with E-state index in [1.165, 1.54) is 13.0 Å². The third kappa shape index (κ3) is 12.5. The molecular formula is C31H52BFN4O7. The van der Waals surface area contributed by atoms with Gasteiger partial charge in [0, 0.05) is 44.8 Å². The molecule has 4 atom stereocenters. The van der Waals surface area contributed by atoms with Gasteiger partial charge in [0.1, 0.15) is 11.9 Å². The molecule has 248 valence electrons.